The maximum atomic E-state index is 9.45. The number of hydrogen-bond acceptors (Lipinski definition) is 2. The van der Waals surface area contributed by atoms with E-state index in [-0.39, 0.29) is 17.6 Å². The van der Waals surface area contributed by atoms with Gasteiger partial charge in [-0.3, -0.25) is 0 Å². The second kappa shape index (κ2) is 3.35. The van der Waals surface area contributed by atoms with E-state index < -0.39 is 0 Å². The molecular weight excluding hydrogens is 152 g/mol. The maximum Gasteiger partial charge on any atom is 0.0567 e. The number of aliphatic hydroxyl groups is 2. The molecular formula is C10H20O2. The van der Waals surface area contributed by atoms with Crippen molar-refractivity contribution in [1.82, 2.24) is 0 Å². The molecule has 1 aliphatic rings. The molecule has 0 aliphatic heterocycles. The fourth-order valence-corrected chi connectivity index (χ4v) is 1.97. The van der Waals surface area contributed by atoms with Crippen molar-refractivity contribution in [2.75, 3.05) is 0 Å². The molecule has 2 heteroatoms. The van der Waals surface area contributed by atoms with Crippen molar-refractivity contribution in [1.29, 1.82) is 0 Å². The van der Waals surface area contributed by atoms with Gasteiger partial charge in [0.15, 0.2) is 0 Å². The zero-order chi connectivity index (χ0) is 9.35. The third kappa shape index (κ3) is 2.46. The highest BCUT2D eigenvalue weighted by atomic mass is 16.3. The van der Waals surface area contributed by atoms with Crippen molar-refractivity contribution in [3.63, 3.8) is 0 Å². The molecule has 2 unspecified atom stereocenters. The van der Waals surface area contributed by atoms with Gasteiger partial charge in [-0.05, 0) is 30.6 Å². The van der Waals surface area contributed by atoms with Crippen molar-refractivity contribution < 1.29 is 10.2 Å². The van der Waals surface area contributed by atoms with E-state index in [4.69, 9.17) is 0 Å². The van der Waals surface area contributed by atoms with Crippen LogP contribution in [0.15, 0.2) is 0 Å². The fourth-order valence-electron chi connectivity index (χ4n) is 1.97. The molecule has 0 aromatic carbocycles. The molecule has 1 aliphatic carbocycles. The Labute approximate surface area is 74.6 Å². The molecule has 0 radical (unpaired) electrons. The van der Waals surface area contributed by atoms with Crippen LogP contribution in [0.2, 0.25) is 0 Å². The van der Waals surface area contributed by atoms with Crippen molar-refractivity contribution >= 4 is 0 Å². The molecule has 0 aromatic heterocycles. The van der Waals surface area contributed by atoms with Gasteiger partial charge in [0.1, 0.15) is 0 Å². The van der Waals surface area contributed by atoms with Gasteiger partial charge in [0.05, 0.1) is 12.2 Å². The molecule has 0 bridgehead atoms. The Morgan fingerprint density at radius 3 is 1.67 bits per heavy atom. The number of rotatable bonds is 0. The molecule has 1 rings (SSSR count). The molecule has 0 heterocycles. The predicted molar refractivity (Wildman–Crippen MR) is 48.8 cm³/mol. The van der Waals surface area contributed by atoms with Crippen LogP contribution in [-0.2, 0) is 0 Å². The van der Waals surface area contributed by atoms with E-state index in [1.807, 2.05) is 0 Å². The number of hydrogen-bond donors (Lipinski definition) is 2. The van der Waals surface area contributed by atoms with Crippen molar-refractivity contribution in [2.24, 2.45) is 11.3 Å². The second-order valence-electron chi connectivity index (χ2n) is 5.08. The Balaban J connectivity index is 2.55. The van der Waals surface area contributed by atoms with Gasteiger partial charge >= 0.3 is 0 Å². The Morgan fingerprint density at radius 1 is 0.917 bits per heavy atom. The molecule has 1 saturated carbocycles. The first kappa shape index (κ1) is 10.0. The second-order valence-corrected chi connectivity index (χ2v) is 5.08. The highest BCUT2D eigenvalue weighted by Crippen LogP contribution is 2.37. The summed E-state index contributed by atoms with van der Waals surface area (Å²) in [5.74, 6) is 0.455. The van der Waals surface area contributed by atoms with Gasteiger partial charge in [-0.15, -0.1) is 0 Å². The molecule has 0 amide bonds. The first-order chi connectivity index (χ1) is 5.39. The van der Waals surface area contributed by atoms with Gasteiger partial charge in [0.2, 0.25) is 0 Å². The molecule has 0 spiro atoms. The van der Waals surface area contributed by atoms with Gasteiger partial charge in [0, 0.05) is 0 Å². The summed E-state index contributed by atoms with van der Waals surface area (Å²) in [5.41, 5.74) is 0.211. The van der Waals surface area contributed by atoms with Crippen LogP contribution in [0, 0.1) is 11.3 Å². The van der Waals surface area contributed by atoms with E-state index in [0.717, 1.165) is 12.8 Å². The molecule has 2 nitrogen and oxygen atoms in total. The highest BCUT2D eigenvalue weighted by Gasteiger charge is 2.33. The average molecular weight is 172 g/mol. The van der Waals surface area contributed by atoms with Crippen LogP contribution in [0.1, 0.15) is 40.0 Å². The third-order valence-electron chi connectivity index (χ3n) is 2.88. The third-order valence-corrected chi connectivity index (χ3v) is 2.88. The molecule has 2 atom stereocenters. The summed E-state index contributed by atoms with van der Waals surface area (Å²) in [7, 11) is 0. The summed E-state index contributed by atoms with van der Waals surface area (Å²) in [5, 5.41) is 18.9. The minimum Gasteiger partial charge on any atom is -0.393 e. The lowest BCUT2D eigenvalue weighted by molar-refractivity contribution is -0.0150. The maximum absolute atomic E-state index is 9.45. The molecule has 0 saturated heterocycles. The van der Waals surface area contributed by atoms with Crippen LogP contribution in [-0.4, -0.2) is 22.4 Å². The topological polar surface area (TPSA) is 40.5 Å². The minimum absolute atomic E-state index is 0.211. The van der Waals surface area contributed by atoms with Crippen LogP contribution in [0.5, 0.6) is 0 Å². The zero-order valence-electron chi connectivity index (χ0n) is 8.25. The predicted octanol–water partition coefficient (Wildman–Crippen LogP) is 1.55. The van der Waals surface area contributed by atoms with Crippen molar-refractivity contribution in [3.8, 4) is 0 Å². The Bertz CT molecular complexity index is 138. The van der Waals surface area contributed by atoms with Crippen molar-refractivity contribution in [3.05, 3.63) is 0 Å². The Hall–Kier alpha value is -0.0800. The summed E-state index contributed by atoms with van der Waals surface area (Å²) in [6, 6.07) is 0. The smallest absolute Gasteiger partial charge is 0.0567 e. The molecule has 1 fully saturated rings. The van der Waals surface area contributed by atoms with Gasteiger partial charge in [-0.2, -0.15) is 0 Å². The first-order valence-corrected chi connectivity index (χ1v) is 4.75. The molecule has 12 heavy (non-hydrogen) atoms. The van der Waals surface area contributed by atoms with Crippen molar-refractivity contribution in [2.45, 2.75) is 52.2 Å². The van der Waals surface area contributed by atoms with E-state index in [1.165, 1.54) is 0 Å². The van der Waals surface area contributed by atoms with Crippen LogP contribution in [0.3, 0.4) is 0 Å². The summed E-state index contributed by atoms with van der Waals surface area (Å²) >= 11 is 0. The van der Waals surface area contributed by atoms with E-state index in [9.17, 15) is 10.2 Å². The quantitative estimate of drug-likeness (QED) is 0.582. The normalized spacial score (nSPS) is 38.2. The lowest BCUT2D eigenvalue weighted by Crippen LogP contribution is -2.35. The fraction of sp³-hybridized carbons (Fsp3) is 1.00. The number of aliphatic hydroxyl groups excluding tert-OH is 2. The largest absolute Gasteiger partial charge is 0.393 e. The van der Waals surface area contributed by atoms with Gasteiger partial charge in [-0.25, -0.2) is 0 Å². The SMILES string of the molecule is CC(C)(C)C1CC(O)CC(O)C1. The van der Waals surface area contributed by atoms with Crippen LogP contribution < -0.4 is 0 Å². The lowest BCUT2D eigenvalue weighted by atomic mass is 9.71. The average Bonchev–Trinajstić information content (AvgIpc) is 1.82. The van der Waals surface area contributed by atoms with Crippen LogP contribution in [0.4, 0.5) is 0 Å². The molecule has 72 valence electrons. The van der Waals surface area contributed by atoms with E-state index in [0.29, 0.717) is 12.3 Å². The van der Waals surface area contributed by atoms with Gasteiger partial charge in [0.25, 0.3) is 0 Å². The standard InChI is InChI=1S/C10H20O2/c1-10(2,3)7-4-8(11)6-9(12)5-7/h7-9,11-12H,4-6H2,1-3H3. The van der Waals surface area contributed by atoms with E-state index in [1.54, 1.807) is 0 Å². The first-order valence-electron chi connectivity index (χ1n) is 4.75. The zero-order valence-corrected chi connectivity index (χ0v) is 8.25. The van der Waals surface area contributed by atoms with E-state index in [2.05, 4.69) is 20.8 Å². The summed E-state index contributed by atoms with van der Waals surface area (Å²) < 4.78 is 0. The highest BCUT2D eigenvalue weighted by molar-refractivity contribution is 4.84. The van der Waals surface area contributed by atoms with Gasteiger partial charge < -0.3 is 10.2 Å². The van der Waals surface area contributed by atoms with Crippen LogP contribution >= 0.6 is 0 Å². The minimum atomic E-state index is -0.294. The van der Waals surface area contributed by atoms with Gasteiger partial charge in [-0.1, -0.05) is 20.8 Å². The molecule has 0 aromatic rings. The van der Waals surface area contributed by atoms with E-state index >= 15 is 0 Å². The summed E-state index contributed by atoms with van der Waals surface area (Å²) in [4.78, 5) is 0. The monoisotopic (exact) mass is 172 g/mol. The Kier molecular flexibility index (Phi) is 2.79. The molecule has 2 N–H and O–H groups in total. The Morgan fingerprint density at radius 2 is 1.33 bits per heavy atom. The lowest BCUT2D eigenvalue weighted by Gasteiger charge is -2.38. The summed E-state index contributed by atoms with van der Waals surface area (Å²) in [6.07, 6.45) is 1.67. The van der Waals surface area contributed by atoms with Crippen LogP contribution in [0.25, 0.3) is 0 Å². The summed E-state index contributed by atoms with van der Waals surface area (Å²) in [6.45, 7) is 6.51.